The molecule has 0 saturated carbocycles. The van der Waals surface area contributed by atoms with Gasteiger partial charge in [-0.1, -0.05) is 33.1 Å². The summed E-state index contributed by atoms with van der Waals surface area (Å²) < 4.78 is 21.2. The zero-order valence-corrected chi connectivity index (χ0v) is 11.6. The van der Waals surface area contributed by atoms with Crippen molar-refractivity contribution in [3.63, 3.8) is 0 Å². The van der Waals surface area contributed by atoms with Gasteiger partial charge in [0, 0.05) is 20.6 Å². The van der Waals surface area contributed by atoms with Crippen molar-refractivity contribution >= 4 is 13.4 Å². The molecule has 0 spiro atoms. The van der Waals surface area contributed by atoms with Gasteiger partial charge in [0.25, 0.3) is 0 Å². The first-order chi connectivity index (χ1) is 7.47. The second-order valence-corrected chi connectivity index (χ2v) is 6.39. The summed E-state index contributed by atoms with van der Waals surface area (Å²) >= 11 is 0. The van der Waals surface area contributed by atoms with Crippen molar-refractivity contribution in [2.45, 2.75) is 39.5 Å². The van der Waals surface area contributed by atoms with Crippen LogP contribution < -0.4 is 0 Å². The molecule has 96 valence electrons. The molecule has 4 nitrogen and oxygen atoms in total. The SMILES string of the molecule is CCCCC(C)CC(=O)CP(=O)(OC)OC. The summed E-state index contributed by atoms with van der Waals surface area (Å²) in [6.07, 6.45) is 3.63. The first-order valence-electron chi connectivity index (χ1n) is 5.69. The highest BCUT2D eigenvalue weighted by Gasteiger charge is 2.25. The van der Waals surface area contributed by atoms with E-state index in [9.17, 15) is 9.36 Å². The van der Waals surface area contributed by atoms with Crippen LogP contribution in [0.3, 0.4) is 0 Å². The van der Waals surface area contributed by atoms with Crippen LogP contribution in [0.2, 0.25) is 0 Å². The summed E-state index contributed by atoms with van der Waals surface area (Å²) in [4.78, 5) is 11.6. The normalized spacial score (nSPS) is 13.8. The van der Waals surface area contributed by atoms with Gasteiger partial charge in [-0.25, -0.2) is 0 Å². The molecule has 0 saturated heterocycles. The average Bonchev–Trinajstić information content (AvgIpc) is 2.25. The van der Waals surface area contributed by atoms with Crippen LogP contribution in [-0.4, -0.2) is 26.2 Å². The number of Topliss-reactive ketones (excluding diaryl/α,β-unsaturated/α-hetero) is 1. The molecule has 0 rings (SSSR count). The molecule has 0 aromatic rings. The second-order valence-electron chi connectivity index (χ2n) is 4.12. The molecule has 0 aliphatic heterocycles. The van der Waals surface area contributed by atoms with E-state index in [4.69, 9.17) is 9.05 Å². The van der Waals surface area contributed by atoms with Gasteiger partial charge in [-0.3, -0.25) is 9.36 Å². The van der Waals surface area contributed by atoms with E-state index in [1.54, 1.807) is 0 Å². The lowest BCUT2D eigenvalue weighted by Gasteiger charge is -2.14. The standard InChI is InChI=1S/C11H23O4P/c1-5-6-7-10(2)8-11(12)9-16(13,14-3)15-4/h10H,5-9H2,1-4H3. The third-order valence-electron chi connectivity index (χ3n) is 2.55. The molecule has 5 heteroatoms. The van der Waals surface area contributed by atoms with Crippen LogP contribution in [0.4, 0.5) is 0 Å². The van der Waals surface area contributed by atoms with Gasteiger partial charge in [0.2, 0.25) is 0 Å². The Morgan fingerprint density at radius 1 is 1.31 bits per heavy atom. The molecule has 0 aromatic heterocycles. The summed E-state index contributed by atoms with van der Waals surface area (Å²) in [7, 11) is -0.562. The van der Waals surface area contributed by atoms with E-state index in [-0.39, 0.29) is 11.9 Å². The fraction of sp³-hybridized carbons (Fsp3) is 0.909. The minimum Gasteiger partial charge on any atom is -0.312 e. The van der Waals surface area contributed by atoms with Crippen molar-refractivity contribution in [1.82, 2.24) is 0 Å². The molecule has 0 heterocycles. The molecule has 0 radical (unpaired) electrons. The van der Waals surface area contributed by atoms with E-state index in [1.165, 1.54) is 14.2 Å². The Bertz CT molecular complexity index is 244. The molecular formula is C11H23O4P. The Balaban J connectivity index is 4.02. The van der Waals surface area contributed by atoms with E-state index >= 15 is 0 Å². The first-order valence-corrected chi connectivity index (χ1v) is 7.42. The van der Waals surface area contributed by atoms with E-state index in [0.717, 1.165) is 19.3 Å². The zero-order chi connectivity index (χ0) is 12.6. The maximum absolute atomic E-state index is 11.7. The van der Waals surface area contributed by atoms with Crippen LogP contribution in [-0.2, 0) is 18.4 Å². The van der Waals surface area contributed by atoms with Crippen LogP contribution in [0.1, 0.15) is 39.5 Å². The summed E-state index contributed by atoms with van der Waals surface area (Å²) in [6.45, 7) is 4.16. The monoisotopic (exact) mass is 250 g/mol. The van der Waals surface area contributed by atoms with Crippen LogP contribution in [0, 0.1) is 5.92 Å². The van der Waals surface area contributed by atoms with Gasteiger partial charge in [-0.15, -0.1) is 0 Å². The molecule has 16 heavy (non-hydrogen) atoms. The lowest BCUT2D eigenvalue weighted by Crippen LogP contribution is -2.11. The van der Waals surface area contributed by atoms with Crippen molar-refractivity contribution in [1.29, 1.82) is 0 Å². The van der Waals surface area contributed by atoms with Gasteiger partial charge in [0.15, 0.2) is 0 Å². The van der Waals surface area contributed by atoms with Gasteiger partial charge >= 0.3 is 7.60 Å². The Morgan fingerprint density at radius 3 is 2.31 bits per heavy atom. The Hall–Kier alpha value is -0.180. The topological polar surface area (TPSA) is 52.6 Å². The molecule has 0 bridgehead atoms. The van der Waals surface area contributed by atoms with Crippen LogP contribution in [0.5, 0.6) is 0 Å². The smallest absolute Gasteiger partial charge is 0.312 e. The average molecular weight is 250 g/mol. The highest BCUT2D eigenvalue weighted by atomic mass is 31.2. The van der Waals surface area contributed by atoms with Crippen molar-refractivity contribution in [2.75, 3.05) is 20.4 Å². The van der Waals surface area contributed by atoms with Crippen LogP contribution >= 0.6 is 7.60 Å². The third-order valence-corrected chi connectivity index (χ3v) is 4.41. The number of carbonyl (C=O) groups excluding carboxylic acids is 1. The van der Waals surface area contributed by atoms with Crippen molar-refractivity contribution in [3.8, 4) is 0 Å². The third kappa shape index (κ3) is 6.41. The largest absolute Gasteiger partial charge is 0.337 e. The Morgan fingerprint density at radius 2 is 1.88 bits per heavy atom. The minimum absolute atomic E-state index is 0.0457. The molecule has 0 fully saturated rings. The number of rotatable bonds is 9. The summed E-state index contributed by atoms with van der Waals surface area (Å²) in [5, 5.41) is 0. The molecule has 0 aromatic carbocycles. The number of carbonyl (C=O) groups is 1. The molecule has 1 atom stereocenters. The van der Waals surface area contributed by atoms with Crippen molar-refractivity contribution in [3.05, 3.63) is 0 Å². The Kier molecular flexibility index (Phi) is 7.90. The number of hydrogen-bond donors (Lipinski definition) is 0. The quantitative estimate of drug-likeness (QED) is 0.589. The number of unbranched alkanes of at least 4 members (excludes halogenated alkanes) is 1. The molecule has 0 amide bonds. The number of hydrogen-bond acceptors (Lipinski definition) is 4. The fourth-order valence-electron chi connectivity index (χ4n) is 1.53. The highest BCUT2D eigenvalue weighted by Crippen LogP contribution is 2.46. The van der Waals surface area contributed by atoms with E-state index < -0.39 is 7.60 Å². The molecule has 0 aliphatic rings. The molecular weight excluding hydrogens is 227 g/mol. The summed E-state index contributed by atoms with van der Waals surface area (Å²) in [5.74, 6) is 0.297. The van der Waals surface area contributed by atoms with Crippen LogP contribution in [0.25, 0.3) is 0 Å². The fourth-order valence-corrected chi connectivity index (χ4v) is 2.50. The van der Waals surface area contributed by atoms with Crippen LogP contribution in [0.15, 0.2) is 0 Å². The maximum atomic E-state index is 11.7. The zero-order valence-electron chi connectivity index (χ0n) is 10.7. The predicted molar refractivity (Wildman–Crippen MR) is 64.8 cm³/mol. The molecule has 1 unspecified atom stereocenters. The predicted octanol–water partition coefficient (Wildman–Crippen LogP) is 3.26. The van der Waals surface area contributed by atoms with Gasteiger partial charge in [-0.05, 0) is 5.92 Å². The lowest BCUT2D eigenvalue weighted by atomic mass is 9.99. The van der Waals surface area contributed by atoms with Gasteiger partial charge in [0.1, 0.15) is 11.9 Å². The van der Waals surface area contributed by atoms with E-state index in [2.05, 4.69) is 6.92 Å². The number of ketones is 1. The lowest BCUT2D eigenvalue weighted by molar-refractivity contribution is -0.117. The van der Waals surface area contributed by atoms with Gasteiger partial charge in [-0.2, -0.15) is 0 Å². The van der Waals surface area contributed by atoms with Crippen molar-refractivity contribution < 1.29 is 18.4 Å². The minimum atomic E-state index is -3.17. The first kappa shape index (κ1) is 15.8. The van der Waals surface area contributed by atoms with Gasteiger partial charge < -0.3 is 9.05 Å². The highest BCUT2D eigenvalue weighted by molar-refractivity contribution is 7.54. The van der Waals surface area contributed by atoms with E-state index in [1.807, 2.05) is 6.92 Å². The van der Waals surface area contributed by atoms with E-state index in [0.29, 0.717) is 12.3 Å². The summed E-state index contributed by atoms with van der Waals surface area (Å²) in [5.41, 5.74) is 0. The maximum Gasteiger partial charge on any atom is 0.337 e. The molecule has 0 aliphatic carbocycles. The Labute approximate surface area is 98.2 Å². The van der Waals surface area contributed by atoms with Crippen molar-refractivity contribution in [2.24, 2.45) is 5.92 Å². The second kappa shape index (κ2) is 7.99. The van der Waals surface area contributed by atoms with Gasteiger partial charge in [0.05, 0.1) is 0 Å². The molecule has 0 N–H and O–H groups in total. The summed E-state index contributed by atoms with van der Waals surface area (Å²) in [6, 6.07) is 0.